The van der Waals surface area contributed by atoms with Crippen LogP contribution in [0.2, 0.25) is 0 Å². The molecule has 2 heterocycles. The molecule has 1 aliphatic rings. The molecule has 19 heavy (non-hydrogen) atoms. The molecule has 1 fully saturated rings. The molecule has 0 aliphatic carbocycles. The zero-order valence-electron chi connectivity index (χ0n) is 11.1. The van der Waals surface area contributed by atoms with E-state index in [2.05, 4.69) is 15.5 Å². The van der Waals surface area contributed by atoms with Gasteiger partial charge in [0.05, 0.1) is 11.3 Å². The maximum Gasteiger partial charge on any atom is 0.221 e. The second-order valence-electron chi connectivity index (χ2n) is 4.56. The topological polar surface area (TPSA) is 84.1 Å². The molecule has 1 amide bonds. The van der Waals surface area contributed by atoms with Gasteiger partial charge in [-0.05, 0) is 19.4 Å². The van der Waals surface area contributed by atoms with Crippen molar-refractivity contribution in [2.75, 3.05) is 24.5 Å². The zero-order valence-corrected chi connectivity index (χ0v) is 11.9. The Kier molecular flexibility index (Phi) is 3.94. The molecule has 1 aromatic rings. The number of hydrogen-bond donors (Lipinski definition) is 2. The predicted octanol–water partition coefficient (Wildman–Crippen LogP) is 0.0539. The Morgan fingerprint density at radius 3 is 2.79 bits per heavy atom. The summed E-state index contributed by atoms with van der Waals surface area (Å²) in [5.74, 6) is 0.725. The molecule has 0 bridgehead atoms. The van der Waals surface area contributed by atoms with Crippen LogP contribution in [0.15, 0.2) is 0 Å². The maximum atomic E-state index is 11.4. The minimum Gasteiger partial charge on any atom is -0.389 e. The molecule has 0 aromatic carbocycles. The first kappa shape index (κ1) is 13.7. The molecule has 2 rings (SSSR count). The molecule has 3 N–H and O–H groups in total. The fourth-order valence-electron chi connectivity index (χ4n) is 2.09. The molecule has 0 radical (unpaired) electrons. The van der Waals surface area contributed by atoms with Crippen LogP contribution >= 0.6 is 12.2 Å². The number of aromatic nitrogens is 2. The van der Waals surface area contributed by atoms with Gasteiger partial charge in [-0.2, -0.15) is 5.10 Å². The van der Waals surface area contributed by atoms with Crippen LogP contribution in [-0.2, 0) is 4.79 Å². The summed E-state index contributed by atoms with van der Waals surface area (Å²) in [6, 6.07) is 0. The summed E-state index contributed by atoms with van der Waals surface area (Å²) in [5.41, 5.74) is 8.33. The van der Waals surface area contributed by atoms with Crippen LogP contribution in [0.1, 0.15) is 23.2 Å². The minimum atomic E-state index is 0.0520. The summed E-state index contributed by atoms with van der Waals surface area (Å²) in [6.45, 7) is 5.67. The van der Waals surface area contributed by atoms with Gasteiger partial charge in [0, 0.05) is 26.1 Å². The number of hydrogen-bond acceptors (Lipinski definition) is 5. The maximum absolute atomic E-state index is 11.4. The Hall–Kier alpha value is -1.76. The van der Waals surface area contributed by atoms with Crippen molar-refractivity contribution in [2.45, 2.75) is 20.3 Å². The normalized spacial score (nSPS) is 15.9. The van der Waals surface area contributed by atoms with Crippen LogP contribution in [0.4, 0.5) is 5.82 Å². The van der Waals surface area contributed by atoms with Gasteiger partial charge in [-0.15, -0.1) is 5.10 Å². The molecule has 1 saturated heterocycles. The van der Waals surface area contributed by atoms with E-state index in [0.717, 1.165) is 16.8 Å². The van der Waals surface area contributed by atoms with E-state index in [1.165, 1.54) is 0 Å². The lowest BCUT2D eigenvalue weighted by Crippen LogP contribution is -2.32. The molecule has 7 heteroatoms. The second-order valence-corrected chi connectivity index (χ2v) is 5.00. The number of carbonyl (C=O) groups excluding carboxylic acids is 1. The lowest BCUT2D eigenvalue weighted by atomic mass is 10.1. The van der Waals surface area contributed by atoms with Crippen molar-refractivity contribution < 1.29 is 4.79 Å². The number of aryl methyl sites for hydroxylation is 1. The molecule has 0 unspecified atom stereocenters. The van der Waals surface area contributed by atoms with E-state index < -0.39 is 0 Å². The number of anilines is 1. The third kappa shape index (κ3) is 2.81. The van der Waals surface area contributed by atoms with Gasteiger partial charge in [0.2, 0.25) is 5.91 Å². The van der Waals surface area contributed by atoms with E-state index in [4.69, 9.17) is 18.0 Å². The van der Waals surface area contributed by atoms with Crippen molar-refractivity contribution in [2.24, 2.45) is 5.73 Å². The second kappa shape index (κ2) is 5.48. The van der Waals surface area contributed by atoms with Crippen LogP contribution in [0, 0.1) is 13.8 Å². The van der Waals surface area contributed by atoms with Crippen molar-refractivity contribution in [3.8, 4) is 0 Å². The van der Waals surface area contributed by atoms with Crippen LogP contribution in [-0.4, -0.2) is 40.7 Å². The van der Waals surface area contributed by atoms with Gasteiger partial charge in [0.1, 0.15) is 4.99 Å². The van der Waals surface area contributed by atoms with Crippen molar-refractivity contribution in [3.05, 3.63) is 16.8 Å². The number of amides is 1. The van der Waals surface area contributed by atoms with Gasteiger partial charge in [0.25, 0.3) is 0 Å². The van der Waals surface area contributed by atoms with Crippen LogP contribution in [0.3, 0.4) is 0 Å². The van der Waals surface area contributed by atoms with Crippen LogP contribution in [0.25, 0.3) is 0 Å². The number of thiocarbonyl (C=S) groups is 1. The van der Waals surface area contributed by atoms with E-state index in [-0.39, 0.29) is 5.91 Å². The van der Waals surface area contributed by atoms with Gasteiger partial charge < -0.3 is 16.0 Å². The molecule has 1 aromatic heterocycles. The van der Waals surface area contributed by atoms with Gasteiger partial charge in [-0.25, -0.2) is 0 Å². The van der Waals surface area contributed by atoms with Crippen molar-refractivity contribution >= 4 is 28.9 Å². The molecular formula is C12H17N5OS. The fourth-order valence-corrected chi connectivity index (χ4v) is 2.34. The van der Waals surface area contributed by atoms with E-state index in [0.29, 0.717) is 36.9 Å². The highest BCUT2D eigenvalue weighted by Gasteiger charge is 2.21. The SMILES string of the molecule is Cc1nnc(N2CCNC(=O)CC2)c(C(N)=S)c1C. The highest BCUT2D eigenvalue weighted by molar-refractivity contribution is 7.80. The highest BCUT2D eigenvalue weighted by atomic mass is 32.1. The zero-order chi connectivity index (χ0) is 14.0. The van der Waals surface area contributed by atoms with Gasteiger partial charge in [-0.3, -0.25) is 4.79 Å². The standard InChI is InChI=1S/C12H17N5OS/c1-7-8(2)15-16-12(10(7)11(13)19)17-5-3-9(18)14-4-6-17/h3-6H2,1-2H3,(H2,13,19)(H,14,18). The third-order valence-electron chi connectivity index (χ3n) is 3.29. The monoisotopic (exact) mass is 279 g/mol. The highest BCUT2D eigenvalue weighted by Crippen LogP contribution is 2.22. The summed E-state index contributed by atoms with van der Waals surface area (Å²) in [4.78, 5) is 13.7. The largest absolute Gasteiger partial charge is 0.389 e. The number of carbonyl (C=O) groups is 1. The molecule has 102 valence electrons. The Bertz CT molecular complexity index is 531. The summed E-state index contributed by atoms with van der Waals surface area (Å²) in [7, 11) is 0. The number of nitrogens with zero attached hydrogens (tertiary/aromatic N) is 3. The van der Waals surface area contributed by atoms with E-state index in [9.17, 15) is 4.79 Å². The smallest absolute Gasteiger partial charge is 0.221 e. The summed E-state index contributed by atoms with van der Waals surface area (Å²) in [6.07, 6.45) is 0.436. The first-order chi connectivity index (χ1) is 9.00. The van der Waals surface area contributed by atoms with E-state index >= 15 is 0 Å². The Morgan fingerprint density at radius 2 is 2.11 bits per heavy atom. The lowest BCUT2D eigenvalue weighted by molar-refractivity contribution is -0.120. The molecule has 0 spiro atoms. The van der Waals surface area contributed by atoms with Gasteiger partial charge in [-0.1, -0.05) is 12.2 Å². The van der Waals surface area contributed by atoms with Crippen LogP contribution < -0.4 is 16.0 Å². The first-order valence-corrected chi connectivity index (χ1v) is 6.57. The van der Waals surface area contributed by atoms with Crippen molar-refractivity contribution in [3.63, 3.8) is 0 Å². The minimum absolute atomic E-state index is 0.0520. The molecular weight excluding hydrogens is 262 g/mol. The molecule has 0 atom stereocenters. The summed E-state index contributed by atoms with van der Waals surface area (Å²) >= 11 is 5.12. The molecule has 6 nitrogen and oxygen atoms in total. The van der Waals surface area contributed by atoms with Crippen LogP contribution in [0.5, 0.6) is 0 Å². The Balaban J connectivity index is 2.41. The Labute approximate surface area is 117 Å². The average molecular weight is 279 g/mol. The molecule has 1 aliphatic heterocycles. The van der Waals surface area contributed by atoms with Crippen molar-refractivity contribution in [1.29, 1.82) is 0 Å². The Morgan fingerprint density at radius 1 is 1.37 bits per heavy atom. The summed E-state index contributed by atoms with van der Waals surface area (Å²) < 4.78 is 0. The first-order valence-electron chi connectivity index (χ1n) is 6.16. The number of rotatable bonds is 2. The number of nitrogens with two attached hydrogens (primary N) is 1. The van der Waals surface area contributed by atoms with Gasteiger partial charge in [0.15, 0.2) is 5.82 Å². The van der Waals surface area contributed by atoms with Gasteiger partial charge >= 0.3 is 0 Å². The quantitative estimate of drug-likeness (QED) is 0.744. The third-order valence-corrected chi connectivity index (χ3v) is 3.50. The fraction of sp³-hybridized carbons (Fsp3) is 0.500. The summed E-state index contributed by atoms with van der Waals surface area (Å²) in [5, 5.41) is 11.2. The molecule has 0 saturated carbocycles. The lowest BCUT2D eigenvalue weighted by Gasteiger charge is -2.23. The van der Waals surface area contributed by atoms with Crippen molar-refractivity contribution in [1.82, 2.24) is 15.5 Å². The number of nitrogens with one attached hydrogen (secondary N) is 1. The predicted molar refractivity (Wildman–Crippen MR) is 77.2 cm³/mol. The average Bonchev–Trinajstić information content (AvgIpc) is 2.57. The van der Waals surface area contributed by atoms with E-state index in [1.807, 2.05) is 18.7 Å². The van der Waals surface area contributed by atoms with E-state index in [1.54, 1.807) is 0 Å².